The minimum absolute atomic E-state index is 0.186. The molecule has 0 spiro atoms. The second kappa shape index (κ2) is 7.28. The smallest absolute Gasteiger partial charge is 0.226 e. The maximum absolute atomic E-state index is 12.9. The molecular weight excluding hydrogens is 312 g/mol. The molecule has 0 saturated carbocycles. The molecule has 0 aromatic heterocycles. The molecule has 4 nitrogen and oxygen atoms in total. The summed E-state index contributed by atoms with van der Waals surface area (Å²) in [6, 6.07) is 20.3. The van der Waals surface area contributed by atoms with Gasteiger partial charge in [0, 0.05) is 25.6 Å². The number of hydrogen-bond acceptors (Lipinski definition) is 3. The van der Waals surface area contributed by atoms with Gasteiger partial charge < -0.3 is 15.0 Å². The number of para-hydroxylation sites is 1. The van der Waals surface area contributed by atoms with Crippen molar-refractivity contribution < 1.29 is 9.53 Å². The Bertz CT molecular complexity index is 704. The second-order valence-corrected chi connectivity index (χ2v) is 6.90. The number of carbonyl (C=O) groups excluding carboxylic acids is 1. The lowest BCUT2D eigenvalue weighted by Crippen LogP contribution is -2.35. The molecule has 2 aliphatic rings. The Kier molecular flexibility index (Phi) is 4.70. The van der Waals surface area contributed by atoms with Gasteiger partial charge in [-0.2, -0.15) is 0 Å². The van der Waals surface area contributed by atoms with E-state index in [4.69, 9.17) is 4.74 Å². The van der Waals surface area contributed by atoms with E-state index < -0.39 is 0 Å². The molecule has 25 heavy (non-hydrogen) atoms. The van der Waals surface area contributed by atoms with E-state index in [1.54, 1.807) is 0 Å². The van der Waals surface area contributed by atoms with E-state index in [0.29, 0.717) is 24.9 Å². The van der Waals surface area contributed by atoms with Crippen molar-refractivity contribution in [2.24, 2.45) is 11.8 Å². The largest absolute Gasteiger partial charge is 0.493 e. The highest BCUT2D eigenvalue weighted by atomic mass is 16.5. The van der Waals surface area contributed by atoms with Gasteiger partial charge in [-0.15, -0.1) is 0 Å². The first-order chi connectivity index (χ1) is 12.3. The van der Waals surface area contributed by atoms with Crippen LogP contribution in [-0.4, -0.2) is 37.0 Å². The Morgan fingerprint density at radius 3 is 2.52 bits per heavy atom. The van der Waals surface area contributed by atoms with Crippen molar-refractivity contribution in [3.05, 3.63) is 66.2 Å². The lowest BCUT2D eigenvalue weighted by Gasteiger charge is -2.28. The van der Waals surface area contributed by atoms with Gasteiger partial charge in [0.25, 0.3) is 0 Å². The maximum Gasteiger partial charge on any atom is 0.226 e. The molecule has 2 aromatic rings. The Hall–Kier alpha value is -2.33. The summed E-state index contributed by atoms with van der Waals surface area (Å²) >= 11 is 0. The summed E-state index contributed by atoms with van der Waals surface area (Å²) in [7, 11) is 0. The van der Waals surface area contributed by atoms with Crippen LogP contribution in [0.2, 0.25) is 0 Å². The third-order valence-electron chi connectivity index (χ3n) is 5.35. The highest BCUT2D eigenvalue weighted by Crippen LogP contribution is 2.42. The zero-order chi connectivity index (χ0) is 17.1. The van der Waals surface area contributed by atoms with E-state index in [0.717, 1.165) is 25.4 Å². The van der Waals surface area contributed by atoms with E-state index >= 15 is 0 Å². The van der Waals surface area contributed by atoms with E-state index in [9.17, 15) is 4.79 Å². The molecule has 0 radical (unpaired) electrons. The highest BCUT2D eigenvalue weighted by Gasteiger charge is 2.46. The van der Waals surface area contributed by atoms with Crippen LogP contribution in [0.3, 0.4) is 0 Å². The van der Waals surface area contributed by atoms with Crippen molar-refractivity contribution >= 4 is 5.91 Å². The summed E-state index contributed by atoms with van der Waals surface area (Å²) < 4.78 is 5.71. The number of nitrogens with zero attached hydrogens (tertiary/aromatic N) is 1. The fourth-order valence-corrected chi connectivity index (χ4v) is 4.17. The number of hydrogen-bond donors (Lipinski definition) is 1. The van der Waals surface area contributed by atoms with Gasteiger partial charge in [0.05, 0.1) is 19.1 Å². The van der Waals surface area contributed by atoms with Crippen LogP contribution in [0.25, 0.3) is 0 Å². The van der Waals surface area contributed by atoms with Crippen molar-refractivity contribution in [1.29, 1.82) is 0 Å². The summed E-state index contributed by atoms with van der Waals surface area (Å²) in [5.41, 5.74) is 1.25. The zero-order valence-electron chi connectivity index (χ0n) is 14.3. The normalized spacial score (nSPS) is 25.0. The number of nitrogens with one attached hydrogen (secondary N) is 1. The van der Waals surface area contributed by atoms with Crippen LogP contribution in [0.5, 0.6) is 5.75 Å². The van der Waals surface area contributed by atoms with Gasteiger partial charge in [-0.1, -0.05) is 48.5 Å². The van der Waals surface area contributed by atoms with E-state index in [1.807, 2.05) is 36.4 Å². The van der Waals surface area contributed by atoms with Crippen LogP contribution in [-0.2, 0) is 4.79 Å². The first kappa shape index (κ1) is 16.2. The molecule has 1 N–H and O–H groups in total. The van der Waals surface area contributed by atoms with Gasteiger partial charge in [0.2, 0.25) is 5.91 Å². The Morgan fingerprint density at radius 2 is 1.76 bits per heavy atom. The number of amides is 1. The first-order valence-corrected chi connectivity index (χ1v) is 9.06. The van der Waals surface area contributed by atoms with Gasteiger partial charge in [-0.3, -0.25) is 4.79 Å². The van der Waals surface area contributed by atoms with Gasteiger partial charge in [0.1, 0.15) is 5.75 Å². The summed E-state index contributed by atoms with van der Waals surface area (Å²) in [6.07, 6.45) is 0.422. The predicted octanol–water partition coefficient (Wildman–Crippen LogP) is 2.87. The number of likely N-dealkylation sites (tertiary alicyclic amines) is 1. The molecular formula is C21H24N2O2. The van der Waals surface area contributed by atoms with Crippen LogP contribution in [0.4, 0.5) is 0 Å². The van der Waals surface area contributed by atoms with E-state index in [1.165, 1.54) is 5.56 Å². The Balaban J connectivity index is 1.43. The molecule has 130 valence electrons. The number of rotatable bonds is 5. The number of ether oxygens (including phenoxy) is 1. The SMILES string of the molecule is O=C(CCOc1ccccc1)N1C[C@@H]2CNC[C@@H]2[C@H]1c1ccccc1. The molecule has 4 rings (SSSR count). The van der Waals surface area contributed by atoms with Crippen LogP contribution in [0.15, 0.2) is 60.7 Å². The molecule has 2 saturated heterocycles. The number of fused-ring (bicyclic) bond motifs is 1. The lowest BCUT2D eigenvalue weighted by molar-refractivity contribution is -0.133. The first-order valence-electron chi connectivity index (χ1n) is 9.06. The second-order valence-electron chi connectivity index (χ2n) is 6.90. The fraction of sp³-hybridized carbons (Fsp3) is 0.381. The molecule has 3 atom stereocenters. The van der Waals surface area contributed by atoms with E-state index in [-0.39, 0.29) is 11.9 Å². The van der Waals surface area contributed by atoms with E-state index in [2.05, 4.69) is 34.5 Å². The van der Waals surface area contributed by atoms with Crippen molar-refractivity contribution in [2.45, 2.75) is 12.5 Å². The summed E-state index contributed by atoms with van der Waals surface area (Å²) in [5, 5.41) is 3.49. The minimum atomic E-state index is 0.186. The Morgan fingerprint density at radius 1 is 1.04 bits per heavy atom. The van der Waals surface area contributed by atoms with Crippen molar-refractivity contribution in [1.82, 2.24) is 10.2 Å². The minimum Gasteiger partial charge on any atom is -0.493 e. The van der Waals surface area contributed by atoms with Gasteiger partial charge >= 0.3 is 0 Å². The fourth-order valence-electron chi connectivity index (χ4n) is 4.17. The molecule has 2 heterocycles. The average molecular weight is 336 g/mol. The third-order valence-corrected chi connectivity index (χ3v) is 5.35. The molecule has 2 fully saturated rings. The van der Waals surface area contributed by atoms with Gasteiger partial charge in [-0.25, -0.2) is 0 Å². The summed E-state index contributed by atoms with van der Waals surface area (Å²) in [6.45, 7) is 3.28. The van der Waals surface area contributed by atoms with Crippen LogP contribution >= 0.6 is 0 Å². The average Bonchev–Trinajstić information content (AvgIpc) is 3.24. The standard InChI is InChI=1S/C21H24N2O2/c24-20(11-12-25-18-9-5-2-6-10-18)23-15-17-13-22-14-19(17)21(23)16-7-3-1-4-8-16/h1-10,17,19,21-22H,11-15H2/t17-,19-,21+/m0/s1. The molecule has 2 aliphatic heterocycles. The number of benzene rings is 2. The molecule has 1 amide bonds. The monoisotopic (exact) mass is 336 g/mol. The quantitative estimate of drug-likeness (QED) is 0.913. The topological polar surface area (TPSA) is 41.6 Å². The summed E-state index contributed by atoms with van der Waals surface area (Å²) in [5.74, 6) is 2.09. The highest BCUT2D eigenvalue weighted by molar-refractivity contribution is 5.77. The third kappa shape index (κ3) is 3.40. The number of carbonyl (C=O) groups is 1. The molecule has 0 unspecified atom stereocenters. The molecule has 0 bridgehead atoms. The zero-order valence-corrected chi connectivity index (χ0v) is 14.3. The van der Waals surface area contributed by atoms with Crippen molar-refractivity contribution in [3.63, 3.8) is 0 Å². The maximum atomic E-state index is 12.9. The van der Waals surface area contributed by atoms with Crippen LogP contribution in [0.1, 0.15) is 18.0 Å². The van der Waals surface area contributed by atoms with Crippen LogP contribution in [0, 0.1) is 11.8 Å². The lowest BCUT2D eigenvalue weighted by atomic mass is 9.89. The molecule has 0 aliphatic carbocycles. The Labute approximate surface area is 148 Å². The van der Waals surface area contributed by atoms with Gasteiger partial charge in [-0.05, 0) is 23.6 Å². The van der Waals surface area contributed by atoms with Crippen molar-refractivity contribution in [3.8, 4) is 5.75 Å². The van der Waals surface area contributed by atoms with Gasteiger partial charge in [0.15, 0.2) is 0 Å². The molecule has 2 aromatic carbocycles. The summed E-state index contributed by atoms with van der Waals surface area (Å²) in [4.78, 5) is 15.0. The predicted molar refractivity (Wildman–Crippen MR) is 97.3 cm³/mol. The molecule has 4 heteroatoms. The van der Waals surface area contributed by atoms with Crippen molar-refractivity contribution in [2.75, 3.05) is 26.2 Å². The van der Waals surface area contributed by atoms with Crippen LogP contribution < -0.4 is 10.1 Å².